The number of halogens is 2. The average Bonchev–Trinajstić information content (AvgIpc) is 2.62. The molecule has 0 aromatic heterocycles. The van der Waals surface area contributed by atoms with Crippen LogP contribution in [0.15, 0.2) is 60.7 Å². The molecule has 0 heterocycles. The summed E-state index contributed by atoms with van der Waals surface area (Å²) in [5.41, 5.74) is 0.971. The van der Waals surface area contributed by atoms with E-state index in [1.165, 1.54) is 6.08 Å². The average molecular weight is 373 g/mol. The van der Waals surface area contributed by atoms with Gasteiger partial charge in [-0.25, -0.2) is 0 Å². The van der Waals surface area contributed by atoms with E-state index in [9.17, 15) is 10.1 Å². The first-order valence-electron chi connectivity index (χ1n) is 7.26. The monoisotopic (exact) mass is 372 g/mol. The van der Waals surface area contributed by atoms with Crippen LogP contribution in [0.4, 0.5) is 5.69 Å². The quantitative estimate of drug-likeness (QED) is 0.435. The molecule has 2 aromatic carbocycles. The molecule has 0 bridgehead atoms. The van der Waals surface area contributed by atoms with E-state index in [1.54, 1.807) is 48.5 Å². The van der Waals surface area contributed by atoms with Crippen LogP contribution in [0.1, 0.15) is 5.56 Å². The Kier molecular flexibility index (Phi) is 6.64. The van der Waals surface area contributed by atoms with Crippen LogP contribution in [-0.2, 0) is 4.79 Å². The maximum absolute atomic E-state index is 12.3. The molecule has 0 radical (unpaired) electrons. The third-order valence-corrected chi connectivity index (χ3v) is 3.94. The lowest BCUT2D eigenvalue weighted by Gasteiger charge is -2.07. The number of hydrogen-bond donors (Lipinski definition) is 1. The Bertz CT molecular complexity index is 853. The van der Waals surface area contributed by atoms with Crippen molar-refractivity contribution in [3.05, 3.63) is 76.3 Å². The Morgan fingerprint density at radius 1 is 1.24 bits per heavy atom. The number of nitrogens with zero attached hydrogens (tertiary/aromatic N) is 1. The molecule has 0 aliphatic rings. The summed E-state index contributed by atoms with van der Waals surface area (Å²) in [6, 6.07) is 13.7. The van der Waals surface area contributed by atoms with Gasteiger partial charge in [-0.15, -0.1) is 0 Å². The molecule has 0 aliphatic carbocycles. The first-order valence-corrected chi connectivity index (χ1v) is 8.01. The van der Waals surface area contributed by atoms with Crippen molar-refractivity contribution in [1.29, 1.82) is 5.26 Å². The van der Waals surface area contributed by atoms with Crippen LogP contribution in [0.25, 0.3) is 6.08 Å². The van der Waals surface area contributed by atoms with Crippen molar-refractivity contribution in [1.82, 2.24) is 0 Å². The maximum atomic E-state index is 12.3. The minimum absolute atomic E-state index is 0.0594. The lowest BCUT2D eigenvalue weighted by molar-refractivity contribution is -0.112. The fraction of sp³-hybridized carbons (Fsp3) is 0.0526. The van der Waals surface area contributed by atoms with Crippen LogP contribution in [0.3, 0.4) is 0 Å². The zero-order chi connectivity index (χ0) is 18.2. The summed E-state index contributed by atoms with van der Waals surface area (Å²) < 4.78 is 5.38. The number of nitrogens with one attached hydrogen (secondary N) is 1. The predicted molar refractivity (Wildman–Crippen MR) is 101 cm³/mol. The molecule has 4 nitrogen and oxygen atoms in total. The van der Waals surface area contributed by atoms with Crippen molar-refractivity contribution in [3.63, 3.8) is 0 Å². The summed E-state index contributed by atoms with van der Waals surface area (Å²) in [6.45, 7) is 3.98. The maximum Gasteiger partial charge on any atom is 0.266 e. The lowest BCUT2D eigenvalue weighted by atomic mass is 10.1. The topological polar surface area (TPSA) is 62.1 Å². The number of rotatable bonds is 6. The highest BCUT2D eigenvalue weighted by atomic mass is 35.5. The largest absolute Gasteiger partial charge is 0.490 e. The Morgan fingerprint density at radius 3 is 2.60 bits per heavy atom. The molecule has 2 rings (SSSR count). The van der Waals surface area contributed by atoms with Crippen molar-refractivity contribution in [2.45, 2.75) is 0 Å². The van der Waals surface area contributed by atoms with Crippen molar-refractivity contribution in [2.75, 3.05) is 11.9 Å². The highest BCUT2D eigenvalue weighted by Gasteiger charge is 2.12. The van der Waals surface area contributed by atoms with Crippen LogP contribution in [0.5, 0.6) is 5.75 Å². The third kappa shape index (κ3) is 5.12. The Balaban J connectivity index is 2.16. The Hall–Kier alpha value is -2.74. The minimum Gasteiger partial charge on any atom is -0.490 e. The van der Waals surface area contributed by atoms with Gasteiger partial charge in [-0.05, 0) is 35.9 Å². The summed E-state index contributed by atoms with van der Waals surface area (Å²) in [5, 5.41) is 12.4. The molecule has 25 heavy (non-hydrogen) atoms. The summed E-state index contributed by atoms with van der Waals surface area (Å²) in [5.74, 6) is 0.101. The normalized spacial score (nSPS) is 10.7. The summed E-state index contributed by atoms with van der Waals surface area (Å²) in [4.78, 5) is 12.3. The zero-order valence-electron chi connectivity index (χ0n) is 13.1. The molecule has 2 aromatic rings. The van der Waals surface area contributed by atoms with Gasteiger partial charge in [0, 0.05) is 0 Å². The summed E-state index contributed by atoms with van der Waals surface area (Å²) in [7, 11) is 0. The van der Waals surface area contributed by atoms with Gasteiger partial charge in [0.1, 0.15) is 24.0 Å². The second kappa shape index (κ2) is 8.93. The van der Waals surface area contributed by atoms with Crippen LogP contribution in [0, 0.1) is 11.3 Å². The van der Waals surface area contributed by atoms with Crippen LogP contribution in [-0.4, -0.2) is 12.5 Å². The van der Waals surface area contributed by atoms with Gasteiger partial charge in [-0.1, -0.05) is 54.1 Å². The molecule has 0 spiro atoms. The van der Waals surface area contributed by atoms with Gasteiger partial charge >= 0.3 is 0 Å². The SMILES string of the molecule is C=CCOc1ccc(/C=C(\C#N)C(=O)Nc2cccc(Cl)c2Cl)cc1. The van der Waals surface area contributed by atoms with Crippen molar-refractivity contribution in [3.8, 4) is 11.8 Å². The zero-order valence-corrected chi connectivity index (χ0v) is 14.6. The van der Waals surface area contributed by atoms with E-state index in [4.69, 9.17) is 27.9 Å². The molecule has 126 valence electrons. The first kappa shape index (κ1) is 18.6. The second-order valence-electron chi connectivity index (χ2n) is 4.89. The predicted octanol–water partition coefficient (Wildman–Crippen LogP) is 5.10. The van der Waals surface area contributed by atoms with Gasteiger partial charge in [-0.3, -0.25) is 4.79 Å². The summed E-state index contributed by atoms with van der Waals surface area (Å²) >= 11 is 11.9. The molecule has 0 unspecified atom stereocenters. The molecule has 6 heteroatoms. The number of carbonyl (C=O) groups excluding carboxylic acids is 1. The number of ether oxygens (including phenoxy) is 1. The number of carbonyl (C=O) groups is 1. The number of nitriles is 1. The number of anilines is 1. The van der Waals surface area contributed by atoms with Crippen LogP contribution in [0.2, 0.25) is 10.0 Å². The Morgan fingerprint density at radius 2 is 1.96 bits per heavy atom. The lowest BCUT2D eigenvalue weighted by Crippen LogP contribution is -2.13. The fourth-order valence-corrected chi connectivity index (χ4v) is 2.27. The molecular formula is C19H14Cl2N2O2. The highest BCUT2D eigenvalue weighted by Crippen LogP contribution is 2.29. The molecule has 0 saturated heterocycles. The molecule has 0 aliphatic heterocycles. The standard InChI is InChI=1S/C19H14Cl2N2O2/c1-2-10-25-15-8-6-13(7-9-15)11-14(12-22)19(24)23-17-5-3-4-16(20)18(17)21/h2-9,11H,1,10H2,(H,23,24)/b14-11+. The van der Waals surface area contributed by atoms with Gasteiger partial charge < -0.3 is 10.1 Å². The van der Waals surface area contributed by atoms with E-state index in [0.29, 0.717) is 28.6 Å². The number of hydrogen-bond acceptors (Lipinski definition) is 3. The van der Waals surface area contributed by atoms with Crippen molar-refractivity contribution in [2.24, 2.45) is 0 Å². The molecule has 1 N–H and O–H groups in total. The summed E-state index contributed by atoms with van der Waals surface area (Å²) in [6.07, 6.45) is 3.12. The van der Waals surface area contributed by atoms with E-state index >= 15 is 0 Å². The third-order valence-electron chi connectivity index (χ3n) is 3.12. The first-order chi connectivity index (χ1) is 12.0. The van der Waals surface area contributed by atoms with Gasteiger partial charge in [0.15, 0.2) is 0 Å². The van der Waals surface area contributed by atoms with Crippen LogP contribution >= 0.6 is 23.2 Å². The van der Waals surface area contributed by atoms with E-state index < -0.39 is 5.91 Å². The Labute approximate surface area is 155 Å². The number of amides is 1. The van der Waals surface area contributed by atoms with E-state index in [-0.39, 0.29) is 10.6 Å². The van der Waals surface area contributed by atoms with Crippen LogP contribution < -0.4 is 10.1 Å². The van der Waals surface area contributed by atoms with Gasteiger partial charge in [0.2, 0.25) is 0 Å². The van der Waals surface area contributed by atoms with Crippen molar-refractivity contribution < 1.29 is 9.53 Å². The van der Waals surface area contributed by atoms with Gasteiger partial charge in [-0.2, -0.15) is 5.26 Å². The van der Waals surface area contributed by atoms with E-state index in [0.717, 1.165) is 0 Å². The molecule has 0 fully saturated rings. The minimum atomic E-state index is -0.571. The molecule has 0 saturated carbocycles. The second-order valence-corrected chi connectivity index (χ2v) is 5.68. The molecular weight excluding hydrogens is 359 g/mol. The molecule has 0 atom stereocenters. The van der Waals surface area contributed by atoms with E-state index in [1.807, 2.05) is 6.07 Å². The van der Waals surface area contributed by atoms with Gasteiger partial charge in [0.05, 0.1) is 15.7 Å². The van der Waals surface area contributed by atoms with Gasteiger partial charge in [0.25, 0.3) is 5.91 Å². The number of benzene rings is 2. The van der Waals surface area contributed by atoms with Crippen molar-refractivity contribution >= 4 is 40.9 Å². The fourth-order valence-electron chi connectivity index (χ4n) is 1.92. The highest BCUT2D eigenvalue weighted by molar-refractivity contribution is 6.44. The molecule has 1 amide bonds. The smallest absolute Gasteiger partial charge is 0.266 e. The van der Waals surface area contributed by atoms with E-state index in [2.05, 4.69) is 11.9 Å².